The SMILES string of the molecule is CCOC(=O)CC1(NC(=O)c2ccc(N3CC(F)(F)C3)c(OCC3CC3)n2)CN(C(=O)[O-])C1. The van der Waals surface area contributed by atoms with Crippen LogP contribution in [0.4, 0.5) is 19.3 Å². The molecule has 1 N–H and O–H groups in total. The Morgan fingerprint density at radius 2 is 1.91 bits per heavy atom. The van der Waals surface area contributed by atoms with Crippen molar-refractivity contribution in [1.29, 1.82) is 0 Å². The van der Waals surface area contributed by atoms with Crippen LogP contribution in [0.25, 0.3) is 0 Å². The molecule has 2 saturated heterocycles. The Morgan fingerprint density at radius 1 is 1.21 bits per heavy atom. The molecule has 10 nitrogen and oxygen atoms in total. The van der Waals surface area contributed by atoms with Crippen LogP contribution in [-0.2, 0) is 9.53 Å². The molecule has 12 heteroatoms. The molecule has 3 fully saturated rings. The molecule has 3 aliphatic rings. The lowest BCUT2D eigenvalue weighted by molar-refractivity contribution is -0.273. The normalized spacial score (nSPS) is 20.3. The predicted octanol–water partition coefficient (Wildman–Crippen LogP) is 0.406. The molecular formula is C21H25F2N4O6-. The highest BCUT2D eigenvalue weighted by molar-refractivity contribution is 5.94. The van der Waals surface area contributed by atoms with Gasteiger partial charge < -0.3 is 34.5 Å². The second-order valence-electron chi connectivity index (χ2n) is 8.83. The van der Waals surface area contributed by atoms with Crippen LogP contribution in [0.15, 0.2) is 12.1 Å². The number of rotatable bonds is 9. The lowest BCUT2D eigenvalue weighted by atomic mass is 9.86. The number of carboxylic acid groups (broad SMARTS) is 1. The Hall–Kier alpha value is -3.18. The molecule has 3 heterocycles. The Kier molecular flexibility index (Phi) is 6.02. The van der Waals surface area contributed by atoms with Crippen LogP contribution in [0.3, 0.4) is 0 Å². The molecule has 180 valence electrons. The topological polar surface area (TPSA) is 124 Å². The number of anilines is 1. The van der Waals surface area contributed by atoms with E-state index in [0.29, 0.717) is 18.2 Å². The van der Waals surface area contributed by atoms with Gasteiger partial charge in [0.25, 0.3) is 11.8 Å². The van der Waals surface area contributed by atoms with Crippen LogP contribution in [0.1, 0.15) is 36.7 Å². The van der Waals surface area contributed by atoms with Crippen molar-refractivity contribution in [2.24, 2.45) is 5.92 Å². The van der Waals surface area contributed by atoms with E-state index in [1.165, 1.54) is 17.0 Å². The third-order valence-corrected chi connectivity index (χ3v) is 5.82. The average Bonchev–Trinajstić information content (AvgIpc) is 3.52. The molecule has 33 heavy (non-hydrogen) atoms. The van der Waals surface area contributed by atoms with Crippen LogP contribution in [0, 0.1) is 5.92 Å². The van der Waals surface area contributed by atoms with E-state index in [-0.39, 0.29) is 37.7 Å². The van der Waals surface area contributed by atoms with Gasteiger partial charge in [0.05, 0.1) is 38.3 Å². The number of halogens is 2. The highest BCUT2D eigenvalue weighted by Crippen LogP contribution is 2.38. The van der Waals surface area contributed by atoms with Gasteiger partial charge in [-0.05, 0) is 37.8 Å². The quantitative estimate of drug-likeness (QED) is 0.518. The summed E-state index contributed by atoms with van der Waals surface area (Å²) in [7, 11) is 0. The van der Waals surface area contributed by atoms with Gasteiger partial charge in [-0.15, -0.1) is 0 Å². The third-order valence-electron chi connectivity index (χ3n) is 5.82. The van der Waals surface area contributed by atoms with Gasteiger partial charge in [0, 0.05) is 13.1 Å². The standard InChI is InChI=1S/C21H26F2N4O6/c1-2-32-16(28)7-20(9-27(10-20)19(30)31)25-17(29)14-5-6-15(26-11-21(22,23)12-26)18(24-14)33-8-13-3-4-13/h5-6,13H,2-4,7-12H2,1H3,(H,25,29)(H,30,31)/p-1. The van der Waals surface area contributed by atoms with E-state index in [1.54, 1.807) is 6.92 Å². The van der Waals surface area contributed by atoms with Gasteiger partial charge in [0.15, 0.2) is 0 Å². The maximum absolute atomic E-state index is 13.4. The fraction of sp³-hybridized carbons (Fsp3) is 0.619. The van der Waals surface area contributed by atoms with E-state index in [4.69, 9.17) is 9.47 Å². The molecule has 2 amide bonds. The minimum Gasteiger partial charge on any atom is -0.530 e. The van der Waals surface area contributed by atoms with Gasteiger partial charge >= 0.3 is 5.97 Å². The van der Waals surface area contributed by atoms with Gasteiger partial charge in [0.1, 0.15) is 17.5 Å². The molecule has 0 radical (unpaired) electrons. The van der Waals surface area contributed by atoms with E-state index < -0.39 is 42.5 Å². The van der Waals surface area contributed by atoms with E-state index in [9.17, 15) is 28.3 Å². The molecule has 0 unspecified atom stereocenters. The molecule has 0 aromatic carbocycles. The first kappa shape index (κ1) is 23.0. The third kappa shape index (κ3) is 5.25. The van der Waals surface area contributed by atoms with Crippen molar-refractivity contribution in [1.82, 2.24) is 15.2 Å². The largest absolute Gasteiger partial charge is 0.530 e. The van der Waals surface area contributed by atoms with Crippen LogP contribution < -0.4 is 20.1 Å². The summed E-state index contributed by atoms with van der Waals surface area (Å²) in [6, 6.07) is 2.89. The lowest BCUT2D eigenvalue weighted by Gasteiger charge is -2.51. The van der Waals surface area contributed by atoms with Crippen molar-refractivity contribution in [2.75, 3.05) is 44.3 Å². The molecule has 2 aliphatic heterocycles. The number of alkyl halides is 2. The number of hydrogen-bond acceptors (Lipinski definition) is 8. The van der Waals surface area contributed by atoms with Gasteiger partial charge in [0.2, 0.25) is 5.88 Å². The second-order valence-corrected chi connectivity index (χ2v) is 8.83. The van der Waals surface area contributed by atoms with Crippen molar-refractivity contribution >= 4 is 23.7 Å². The maximum Gasteiger partial charge on any atom is 0.308 e. The van der Waals surface area contributed by atoms with Crippen LogP contribution in [0.2, 0.25) is 0 Å². The number of esters is 1. The van der Waals surface area contributed by atoms with Crippen molar-refractivity contribution in [2.45, 2.75) is 37.6 Å². The molecule has 1 aromatic rings. The molecule has 0 spiro atoms. The first-order chi connectivity index (χ1) is 15.6. The number of hydrogen-bond donors (Lipinski definition) is 1. The summed E-state index contributed by atoms with van der Waals surface area (Å²) in [4.78, 5) is 42.7. The van der Waals surface area contributed by atoms with Gasteiger partial charge in [-0.1, -0.05) is 0 Å². The zero-order chi connectivity index (χ0) is 23.8. The molecular weight excluding hydrogens is 442 g/mol. The molecule has 1 aliphatic carbocycles. The first-order valence-electron chi connectivity index (χ1n) is 10.8. The van der Waals surface area contributed by atoms with Gasteiger partial charge in [-0.25, -0.2) is 13.8 Å². The lowest BCUT2D eigenvalue weighted by Crippen LogP contribution is -2.73. The highest BCUT2D eigenvalue weighted by Gasteiger charge is 2.47. The molecule has 0 bridgehead atoms. The van der Waals surface area contributed by atoms with E-state index in [2.05, 4.69) is 10.3 Å². The molecule has 0 atom stereocenters. The number of aromatic nitrogens is 1. The summed E-state index contributed by atoms with van der Waals surface area (Å²) in [5.41, 5.74) is -0.809. The number of pyridine rings is 1. The average molecular weight is 467 g/mol. The maximum atomic E-state index is 13.4. The fourth-order valence-corrected chi connectivity index (χ4v) is 3.91. The number of likely N-dealkylation sites (tertiary alicyclic amines) is 1. The summed E-state index contributed by atoms with van der Waals surface area (Å²) in [6.45, 7) is 0.983. The van der Waals surface area contributed by atoms with E-state index in [1.807, 2.05) is 0 Å². The first-order valence-corrected chi connectivity index (χ1v) is 10.8. The summed E-state index contributed by atoms with van der Waals surface area (Å²) in [6.07, 6.45) is 0.404. The number of nitrogens with one attached hydrogen (secondary N) is 1. The minimum absolute atomic E-state index is 0.0352. The van der Waals surface area contributed by atoms with Crippen LogP contribution in [0.5, 0.6) is 5.88 Å². The molecule has 1 saturated carbocycles. The Balaban J connectivity index is 1.50. The zero-order valence-corrected chi connectivity index (χ0v) is 18.1. The number of amides is 2. The second kappa shape index (κ2) is 8.64. The van der Waals surface area contributed by atoms with E-state index >= 15 is 0 Å². The van der Waals surface area contributed by atoms with E-state index in [0.717, 1.165) is 17.7 Å². The van der Waals surface area contributed by atoms with Crippen LogP contribution >= 0.6 is 0 Å². The van der Waals surface area contributed by atoms with Crippen molar-refractivity contribution < 1.29 is 37.7 Å². The van der Waals surface area contributed by atoms with Crippen molar-refractivity contribution in [3.05, 3.63) is 17.8 Å². The number of carbonyl (C=O) groups excluding carboxylic acids is 3. The summed E-state index contributed by atoms with van der Waals surface area (Å²) in [5, 5.41) is 13.8. The highest BCUT2D eigenvalue weighted by atomic mass is 19.3. The zero-order valence-electron chi connectivity index (χ0n) is 18.1. The Labute approximate surface area is 188 Å². The van der Waals surface area contributed by atoms with Crippen LogP contribution in [-0.4, -0.2) is 78.7 Å². The number of nitrogens with zero attached hydrogens (tertiary/aromatic N) is 3. The van der Waals surface area contributed by atoms with Gasteiger partial charge in [-0.3, -0.25) is 9.59 Å². The summed E-state index contributed by atoms with van der Waals surface area (Å²) < 4.78 is 37.4. The summed E-state index contributed by atoms with van der Waals surface area (Å²) >= 11 is 0. The monoisotopic (exact) mass is 467 g/mol. The molecule has 1 aromatic heterocycles. The molecule has 4 rings (SSSR count). The predicted molar refractivity (Wildman–Crippen MR) is 108 cm³/mol. The number of ether oxygens (including phenoxy) is 2. The number of carbonyl (C=O) groups is 3. The van der Waals surface area contributed by atoms with Crippen molar-refractivity contribution in [3.8, 4) is 5.88 Å². The van der Waals surface area contributed by atoms with Gasteiger partial charge in [-0.2, -0.15) is 0 Å². The summed E-state index contributed by atoms with van der Waals surface area (Å²) in [5.74, 6) is -3.53. The smallest absolute Gasteiger partial charge is 0.308 e. The van der Waals surface area contributed by atoms with Crippen molar-refractivity contribution in [3.63, 3.8) is 0 Å². The minimum atomic E-state index is -2.78. The Bertz CT molecular complexity index is 941. The fourth-order valence-electron chi connectivity index (χ4n) is 3.91. The Morgan fingerprint density at radius 3 is 2.48 bits per heavy atom.